The zero-order chi connectivity index (χ0) is 22.3. The van der Waals surface area contributed by atoms with Gasteiger partial charge in [0.05, 0.1) is 0 Å². The highest BCUT2D eigenvalue weighted by Crippen LogP contribution is 2.43. The number of nitrogens with zero attached hydrogens (tertiary/aromatic N) is 4. The van der Waals surface area contributed by atoms with Gasteiger partial charge >= 0.3 is 6.18 Å². The zero-order valence-electron chi connectivity index (χ0n) is 17.0. The minimum atomic E-state index is -4.54. The van der Waals surface area contributed by atoms with E-state index in [0.717, 1.165) is 24.5 Å². The Morgan fingerprint density at radius 2 is 1.87 bits per heavy atom. The molecule has 1 amide bonds. The number of amides is 1. The number of carbonyl (C=O) groups is 1. The number of aromatic nitrogens is 2. The summed E-state index contributed by atoms with van der Waals surface area (Å²) in [5.74, 6) is -0.592. The van der Waals surface area contributed by atoms with Crippen LogP contribution < -0.4 is 0 Å². The first-order valence-electron chi connectivity index (χ1n) is 10.2. The highest BCUT2D eigenvalue weighted by atomic mass is 35.5. The van der Waals surface area contributed by atoms with Crippen LogP contribution in [0.25, 0.3) is 0 Å². The van der Waals surface area contributed by atoms with Crippen LogP contribution in [-0.2, 0) is 17.5 Å². The molecule has 4 rings (SSSR count). The van der Waals surface area contributed by atoms with E-state index >= 15 is 0 Å². The van der Waals surface area contributed by atoms with E-state index in [1.807, 2.05) is 0 Å². The lowest BCUT2D eigenvalue weighted by Crippen LogP contribution is -2.50. The normalized spacial score (nSPS) is 19.0. The Labute approximate surface area is 182 Å². The van der Waals surface area contributed by atoms with Crippen LogP contribution in [0.4, 0.5) is 17.6 Å². The van der Waals surface area contributed by atoms with Crippen molar-refractivity contribution in [3.8, 4) is 0 Å². The van der Waals surface area contributed by atoms with Crippen LogP contribution in [0.2, 0.25) is 5.02 Å². The molecule has 1 saturated carbocycles. The van der Waals surface area contributed by atoms with E-state index in [2.05, 4.69) is 10.00 Å². The van der Waals surface area contributed by atoms with Gasteiger partial charge in [-0.15, -0.1) is 0 Å². The Hall–Kier alpha value is -2.13. The Morgan fingerprint density at radius 1 is 1.19 bits per heavy atom. The number of hydrogen-bond acceptors (Lipinski definition) is 3. The number of halogens is 5. The molecule has 1 aromatic carbocycles. The van der Waals surface area contributed by atoms with Crippen molar-refractivity contribution in [3.05, 3.63) is 52.1 Å². The fraction of sp³-hybridized carbons (Fsp3) is 0.524. The fourth-order valence-electron chi connectivity index (χ4n) is 3.93. The third-order valence-corrected chi connectivity index (χ3v) is 6.22. The van der Waals surface area contributed by atoms with Gasteiger partial charge < -0.3 is 4.90 Å². The predicted octanol–water partition coefficient (Wildman–Crippen LogP) is 4.48. The number of benzene rings is 1. The summed E-state index contributed by atoms with van der Waals surface area (Å²) in [6.45, 7) is 4.23. The zero-order valence-corrected chi connectivity index (χ0v) is 17.8. The van der Waals surface area contributed by atoms with E-state index in [1.54, 1.807) is 17.9 Å². The monoisotopic (exact) mass is 458 g/mol. The Morgan fingerprint density at radius 3 is 2.45 bits per heavy atom. The lowest BCUT2D eigenvalue weighted by molar-refractivity contribution is -0.143. The maximum absolute atomic E-state index is 13.2. The molecule has 10 heteroatoms. The molecule has 0 N–H and O–H groups in total. The SMILES string of the molecule is CC(C(=O)N1CCN(Cc2ccc(F)cc2Cl)CC1)n1nc(C(F)(F)F)cc1C1CC1. The fourth-order valence-corrected chi connectivity index (χ4v) is 4.15. The van der Waals surface area contributed by atoms with Crippen LogP contribution in [0.1, 0.15) is 48.7 Å². The van der Waals surface area contributed by atoms with Gasteiger partial charge in [0, 0.05) is 49.4 Å². The minimum Gasteiger partial charge on any atom is -0.338 e. The molecule has 31 heavy (non-hydrogen) atoms. The van der Waals surface area contributed by atoms with Gasteiger partial charge in [0.15, 0.2) is 5.69 Å². The largest absolute Gasteiger partial charge is 0.435 e. The van der Waals surface area contributed by atoms with Crippen molar-refractivity contribution in [2.24, 2.45) is 0 Å². The second-order valence-electron chi connectivity index (χ2n) is 8.18. The van der Waals surface area contributed by atoms with E-state index in [0.29, 0.717) is 43.4 Å². The summed E-state index contributed by atoms with van der Waals surface area (Å²) >= 11 is 6.10. The first-order chi connectivity index (χ1) is 14.6. The molecule has 1 unspecified atom stereocenters. The van der Waals surface area contributed by atoms with Crippen molar-refractivity contribution in [1.29, 1.82) is 0 Å². The Bertz CT molecular complexity index is 965. The molecular weight excluding hydrogens is 436 g/mol. The lowest BCUT2D eigenvalue weighted by atomic mass is 10.1. The van der Waals surface area contributed by atoms with Crippen molar-refractivity contribution >= 4 is 17.5 Å². The summed E-state index contributed by atoms with van der Waals surface area (Å²) in [6, 6.07) is 4.55. The van der Waals surface area contributed by atoms with Crippen LogP contribution in [0, 0.1) is 5.82 Å². The molecule has 168 valence electrons. The van der Waals surface area contributed by atoms with Gasteiger partial charge in [-0.25, -0.2) is 4.39 Å². The Kier molecular flexibility index (Phi) is 6.00. The highest BCUT2D eigenvalue weighted by Gasteiger charge is 2.39. The van der Waals surface area contributed by atoms with Gasteiger partial charge in [0.1, 0.15) is 11.9 Å². The van der Waals surface area contributed by atoms with E-state index < -0.39 is 23.7 Å². The lowest BCUT2D eigenvalue weighted by Gasteiger charge is -2.36. The molecule has 0 bridgehead atoms. The van der Waals surface area contributed by atoms with Gasteiger partial charge in [0.25, 0.3) is 0 Å². The molecule has 2 aromatic rings. The molecule has 1 aliphatic heterocycles. The number of alkyl halides is 3. The summed E-state index contributed by atoms with van der Waals surface area (Å²) in [6.07, 6.45) is -2.91. The first-order valence-corrected chi connectivity index (χ1v) is 10.6. The standard InChI is InChI=1S/C21H23ClF4N4O/c1-13(30-18(14-2-3-14)11-19(27-30)21(24,25)26)20(31)29-8-6-28(7-9-29)12-15-4-5-16(23)10-17(15)22/h4-5,10-11,13-14H,2-3,6-9,12H2,1H3. The third-order valence-electron chi connectivity index (χ3n) is 5.87. The van der Waals surface area contributed by atoms with Crippen molar-refractivity contribution in [3.63, 3.8) is 0 Å². The third kappa shape index (κ3) is 4.87. The van der Waals surface area contributed by atoms with Gasteiger partial charge in [-0.05, 0) is 43.5 Å². The van der Waals surface area contributed by atoms with E-state index in [-0.39, 0.29) is 11.8 Å². The average molecular weight is 459 g/mol. The number of piperazine rings is 1. The molecule has 1 aliphatic carbocycles. The molecule has 1 saturated heterocycles. The van der Waals surface area contributed by atoms with E-state index in [4.69, 9.17) is 11.6 Å². The summed E-state index contributed by atoms with van der Waals surface area (Å²) in [5.41, 5.74) is 0.342. The van der Waals surface area contributed by atoms with Crippen LogP contribution in [-0.4, -0.2) is 51.7 Å². The summed E-state index contributed by atoms with van der Waals surface area (Å²) in [4.78, 5) is 16.8. The van der Waals surface area contributed by atoms with Crippen LogP contribution in [0.15, 0.2) is 24.3 Å². The van der Waals surface area contributed by atoms with Gasteiger partial charge in [-0.1, -0.05) is 17.7 Å². The van der Waals surface area contributed by atoms with Crippen LogP contribution in [0.5, 0.6) is 0 Å². The molecule has 2 aliphatic rings. The summed E-state index contributed by atoms with van der Waals surface area (Å²) in [7, 11) is 0. The molecule has 5 nitrogen and oxygen atoms in total. The van der Waals surface area contributed by atoms with Crippen molar-refractivity contribution in [2.75, 3.05) is 26.2 Å². The molecule has 0 spiro atoms. The molecular formula is C21H23ClF4N4O. The van der Waals surface area contributed by atoms with Crippen molar-refractivity contribution in [2.45, 2.75) is 44.4 Å². The maximum atomic E-state index is 13.2. The molecule has 2 fully saturated rings. The second kappa shape index (κ2) is 8.43. The second-order valence-corrected chi connectivity index (χ2v) is 8.59. The Balaban J connectivity index is 1.40. The van der Waals surface area contributed by atoms with Crippen LogP contribution >= 0.6 is 11.6 Å². The summed E-state index contributed by atoms with van der Waals surface area (Å²) < 4.78 is 53.9. The molecule has 2 heterocycles. The number of rotatable bonds is 5. The van der Waals surface area contributed by atoms with Gasteiger partial charge in [-0.2, -0.15) is 18.3 Å². The molecule has 1 atom stereocenters. The number of carbonyl (C=O) groups excluding carboxylic acids is 1. The highest BCUT2D eigenvalue weighted by molar-refractivity contribution is 6.31. The van der Waals surface area contributed by atoms with Crippen molar-refractivity contribution in [1.82, 2.24) is 19.6 Å². The van der Waals surface area contributed by atoms with Gasteiger partial charge in [0.2, 0.25) is 5.91 Å². The van der Waals surface area contributed by atoms with Crippen LogP contribution in [0.3, 0.4) is 0 Å². The summed E-state index contributed by atoms with van der Waals surface area (Å²) in [5, 5.41) is 4.09. The topological polar surface area (TPSA) is 41.4 Å². The molecule has 1 aromatic heterocycles. The van der Waals surface area contributed by atoms with E-state index in [9.17, 15) is 22.4 Å². The maximum Gasteiger partial charge on any atom is 0.435 e. The van der Waals surface area contributed by atoms with Crippen molar-refractivity contribution < 1.29 is 22.4 Å². The first kappa shape index (κ1) is 22.1. The quantitative estimate of drug-likeness (QED) is 0.620. The minimum absolute atomic E-state index is 0.0381. The smallest absolute Gasteiger partial charge is 0.338 e. The van der Waals surface area contributed by atoms with E-state index in [1.165, 1.54) is 16.8 Å². The number of hydrogen-bond donors (Lipinski definition) is 0. The van der Waals surface area contributed by atoms with Gasteiger partial charge in [-0.3, -0.25) is 14.4 Å². The molecule has 0 radical (unpaired) electrons. The average Bonchev–Trinajstić information content (AvgIpc) is 3.46. The predicted molar refractivity (Wildman–Crippen MR) is 107 cm³/mol.